The molecular formula is C16H16N2O5S. The van der Waals surface area contributed by atoms with Crippen LogP contribution < -0.4 is 5.32 Å². The highest BCUT2D eigenvalue weighted by atomic mass is 32.2. The lowest BCUT2D eigenvalue weighted by Gasteiger charge is -2.09. The zero-order chi connectivity index (χ0) is 17.9. The van der Waals surface area contributed by atoms with Gasteiger partial charge in [0.15, 0.2) is 9.84 Å². The van der Waals surface area contributed by atoms with Crippen molar-refractivity contribution >= 4 is 27.1 Å². The molecule has 0 radical (unpaired) electrons. The number of hydrogen-bond donors (Lipinski definition) is 1. The molecule has 0 heterocycles. The van der Waals surface area contributed by atoms with Crippen LogP contribution in [-0.4, -0.2) is 25.5 Å². The smallest absolute Gasteiger partial charge is 0.274 e. The minimum absolute atomic E-state index is 0.0846. The van der Waals surface area contributed by atoms with Gasteiger partial charge in [0.05, 0.1) is 21.9 Å². The number of sulfone groups is 1. The molecule has 126 valence electrons. The van der Waals surface area contributed by atoms with Crippen LogP contribution in [0.25, 0.3) is 0 Å². The van der Waals surface area contributed by atoms with Crippen molar-refractivity contribution in [2.45, 2.75) is 12.7 Å². The third-order valence-corrected chi connectivity index (χ3v) is 4.23. The number of nitrogens with one attached hydrogen (secondary N) is 1. The van der Waals surface area contributed by atoms with E-state index in [2.05, 4.69) is 5.32 Å². The van der Waals surface area contributed by atoms with E-state index in [-0.39, 0.29) is 17.0 Å². The summed E-state index contributed by atoms with van der Waals surface area (Å²) in [6, 6.07) is 10.7. The molecule has 2 aromatic rings. The summed E-state index contributed by atoms with van der Waals surface area (Å²) in [5.41, 5.74) is 1.38. The second-order valence-corrected chi connectivity index (χ2v) is 7.57. The number of benzene rings is 2. The largest absolute Gasteiger partial charge is 0.321 e. The normalized spacial score (nSPS) is 11.1. The van der Waals surface area contributed by atoms with E-state index < -0.39 is 20.7 Å². The first-order chi connectivity index (χ1) is 11.2. The van der Waals surface area contributed by atoms with E-state index in [4.69, 9.17) is 0 Å². The quantitative estimate of drug-likeness (QED) is 0.660. The van der Waals surface area contributed by atoms with E-state index in [9.17, 15) is 23.3 Å². The molecule has 24 heavy (non-hydrogen) atoms. The maximum absolute atomic E-state index is 12.3. The Hall–Kier alpha value is -2.74. The van der Waals surface area contributed by atoms with Crippen LogP contribution in [0.3, 0.4) is 0 Å². The minimum Gasteiger partial charge on any atom is -0.321 e. The Morgan fingerprint density at radius 1 is 1.21 bits per heavy atom. The van der Waals surface area contributed by atoms with Crippen LogP contribution in [0.2, 0.25) is 0 Å². The molecule has 0 aromatic heterocycles. The van der Waals surface area contributed by atoms with Gasteiger partial charge >= 0.3 is 0 Å². The number of carbonyl (C=O) groups excluding carboxylic acids is 1. The zero-order valence-electron chi connectivity index (χ0n) is 13.1. The molecule has 0 spiro atoms. The molecule has 1 amide bonds. The van der Waals surface area contributed by atoms with Gasteiger partial charge in [0.1, 0.15) is 0 Å². The number of nitro benzene ring substituents is 1. The molecule has 1 N–H and O–H groups in total. The Morgan fingerprint density at radius 3 is 2.50 bits per heavy atom. The van der Waals surface area contributed by atoms with Gasteiger partial charge < -0.3 is 5.32 Å². The third kappa shape index (κ3) is 4.39. The summed E-state index contributed by atoms with van der Waals surface area (Å²) in [4.78, 5) is 22.8. The number of carbonyl (C=O) groups is 1. The molecule has 8 heteroatoms. The summed E-state index contributed by atoms with van der Waals surface area (Å²) in [6.45, 7) is 1.55. The van der Waals surface area contributed by atoms with Crippen LogP contribution in [0.1, 0.15) is 21.5 Å². The summed E-state index contributed by atoms with van der Waals surface area (Å²) >= 11 is 0. The minimum atomic E-state index is -3.21. The van der Waals surface area contributed by atoms with E-state index in [1.165, 1.54) is 18.2 Å². The molecule has 0 aliphatic heterocycles. The van der Waals surface area contributed by atoms with Gasteiger partial charge in [-0.2, -0.15) is 0 Å². The maximum atomic E-state index is 12.3. The fraction of sp³-hybridized carbons (Fsp3) is 0.188. The van der Waals surface area contributed by atoms with Crippen molar-refractivity contribution in [2.24, 2.45) is 0 Å². The first-order valence-electron chi connectivity index (χ1n) is 6.99. The molecule has 0 aliphatic carbocycles. The predicted molar refractivity (Wildman–Crippen MR) is 90.8 cm³/mol. The van der Waals surface area contributed by atoms with Crippen LogP contribution in [0.5, 0.6) is 0 Å². The Balaban J connectivity index is 2.26. The maximum Gasteiger partial charge on any atom is 0.274 e. The summed E-state index contributed by atoms with van der Waals surface area (Å²) < 4.78 is 22.7. The standard InChI is InChI=1S/C16H16N2O5S/c1-11-14(7-4-8-15(11)18(20)21)17-16(19)13-6-3-5-12(9-13)10-24(2,22)23/h3-9H,10H2,1-2H3,(H,17,19). The number of anilines is 1. The average molecular weight is 348 g/mol. The topological polar surface area (TPSA) is 106 Å². The number of nitrogens with zero attached hydrogens (tertiary/aromatic N) is 1. The molecular weight excluding hydrogens is 332 g/mol. The van der Waals surface area contributed by atoms with Crippen molar-refractivity contribution in [1.82, 2.24) is 0 Å². The van der Waals surface area contributed by atoms with Gasteiger partial charge in [0, 0.05) is 17.9 Å². The monoisotopic (exact) mass is 348 g/mol. The number of hydrogen-bond acceptors (Lipinski definition) is 5. The summed E-state index contributed by atoms with van der Waals surface area (Å²) in [7, 11) is -3.21. The summed E-state index contributed by atoms with van der Waals surface area (Å²) in [5, 5.41) is 13.6. The SMILES string of the molecule is Cc1c(NC(=O)c2cccc(CS(C)(=O)=O)c2)cccc1[N+](=O)[O-]. The number of amides is 1. The molecule has 2 aromatic carbocycles. The van der Waals surface area contributed by atoms with Crippen molar-refractivity contribution in [1.29, 1.82) is 0 Å². The van der Waals surface area contributed by atoms with E-state index >= 15 is 0 Å². The van der Waals surface area contributed by atoms with Crippen LogP contribution in [-0.2, 0) is 15.6 Å². The lowest BCUT2D eigenvalue weighted by molar-refractivity contribution is -0.385. The van der Waals surface area contributed by atoms with Crippen molar-refractivity contribution < 1.29 is 18.1 Å². The first-order valence-corrected chi connectivity index (χ1v) is 9.05. The predicted octanol–water partition coefficient (Wildman–Crippen LogP) is 2.70. The Morgan fingerprint density at radius 2 is 1.88 bits per heavy atom. The second-order valence-electron chi connectivity index (χ2n) is 5.43. The number of rotatable bonds is 5. The van der Waals surface area contributed by atoms with Crippen molar-refractivity contribution in [3.8, 4) is 0 Å². The molecule has 0 saturated carbocycles. The lowest BCUT2D eigenvalue weighted by atomic mass is 10.1. The number of nitro groups is 1. The fourth-order valence-electron chi connectivity index (χ4n) is 2.26. The van der Waals surface area contributed by atoms with Gasteiger partial charge in [-0.3, -0.25) is 14.9 Å². The van der Waals surface area contributed by atoms with Gasteiger partial charge in [0.25, 0.3) is 11.6 Å². The molecule has 0 aliphatic rings. The summed E-state index contributed by atoms with van der Waals surface area (Å²) in [6.07, 6.45) is 1.12. The summed E-state index contributed by atoms with van der Waals surface area (Å²) in [5.74, 6) is -0.627. The fourth-order valence-corrected chi connectivity index (χ4v) is 3.04. The molecule has 0 saturated heterocycles. The van der Waals surface area contributed by atoms with Gasteiger partial charge in [-0.15, -0.1) is 0 Å². The van der Waals surface area contributed by atoms with Crippen LogP contribution >= 0.6 is 0 Å². The van der Waals surface area contributed by atoms with Gasteiger partial charge in [-0.1, -0.05) is 18.2 Å². The molecule has 2 rings (SSSR count). The van der Waals surface area contributed by atoms with Crippen LogP contribution in [0, 0.1) is 17.0 Å². The van der Waals surface area contributed by atoms with E-state index in [1.54, 1.807) is 31.2 Å². The Bertz CT molecular complexity index is 906. The average Bonchev–Trinajstić information content (AvgIpc) is 2.47. The van der Waals surface area contributed by atoms with Crippen LogP contribution in [0.15, 0.2) is 42.5 Å². The highest BCUT2D eigenvalue weighted by molar-refractivity contribution is 7.89. The Kier molecular flexibility index (Phi) is 4.99. The molecule has 0 fully saturated rings. The lowest BCUT2D eigenvalue weighted by Crippen LogP contribution is -2.14. The van der Waals surface area contributed by atoms with E-state index in [0.29, 0.717) is 16.8 Å². The molecule has 7 nitrogen and oxygen atoms in total. The van der Waals surface area contributed by atoms with Crippen molar-refractivity contribution in [3.63, 3.8) is 0 Å². The molecule has 0 unspecified atom stereocenters. The van der Waals surface area contributed by atoms with Gasteiger partial charge in [-0.05, 0) is 30.7 Å². The van der Waals surface area contributed by atoms with Crippen molar-refractivity contribution in [2.75, 3.05) is 11.6 Å². The molecule has 0 bridgehead atoms. The van der Waals surface area contributed by atoms with Gasteiger partial charge in [0.2, 0.25) is 0 Å². The molecule has 0 atom stereocenters. The highest BCUT2D eigenvalue weighted by Gasteiger charge is 2.16. The highest BCUT2D eigenvalue weighted by Crippen LogP contribution is 2.25. The zero-order valence-corrected chi connectivity index (χ0v) is 14.0. The Labute approximate surface area is 139 Å². The van der Waals surface area contributed by atoms with Crippen LogP contribution in [0.4, 0.5) is 11.4 Å². The van der Waals surface area contributed by atoms with E-state index in [1.807, 2.05) is 0 Å². The van der Waals surface area contributed by atoms with Crippen molar-refractivity contribution in [3.05, 3.63) is 69.3 Å². The first kappa shape index (κ1) is 17.6. The van der Waals surface area contributed by atoms with E-state index in [0.717, 1.165) is 6.26 Å². The van der Waals surface area contributed by atoms with Gasteiger partial charge in [-0.25, -0.2) is 8.42 Å². The third-order valence-electron chi connectivity index (χ3n) is 3.37. The second kappa shape index (κ2) is 6.79.